The highest BCUT2D eigenvalue weighted by atomic mass is 16.5. The van der Waals surface area contributed by atoms with Crippen LogP contribution in [0.1, 0.15) is 12.8 Å². The zero-order chi connectivity index (χ0) is 16.6. The maximum atomic E-state index is 9.68. The Kier molecular flexibility index (Phi) is 14.0. The summed E-state index contributed by atoms with van der Waals surface area (Å²) >= 11 is 0. The van der Waals surface area contributed by atoms with Gasteiger partial charge in [0.1, 0.15) is 13.2 Å². The van der Waals surface area contributed by atoms with E-state index in [-0.39, 0.29) is 25.4 Å². The van der Waals surface area contributed by atoms with Crippen molar-refractivity contribution in [3.05, 3.63) is 0 Å². The van der Waals surface area contributed by atoms with E-state index < -0.39 is 6.10 Å². The van der Waals surface area contributed by atoms with Crippen LogP contribution >= 0.6 is 0 Å². The van der Waals surface area contributed by atoms with Crippen molar-refractivity contribution in [2.24, 2.45) is 22.9 Å². The third kappa shape index (κ3) is 11.5. The maximum absolute atomic E-state index is 9.68. The number of ether oxygens (including phenoxy) is 2. The highest BCUT2D eigenvalue weighted by molar-refractivity contribution is 5.05. The summed E-state index contributed by atoms with van der Waals surface area (Å²) in [5, 5.41) is 9.68. The van der Waals surface area contributed by atoms with Crippen molar-refractivity contribution >= 4 is 0 Å². The molecule has 0 bridgehead atoms. The van der Waals surface area contributed by atoms with E-state index >= 15 is 0 Å². The number of aliphatic hydroxyl groups excluding tert-OH is 1. The molecule has 126 valence electrons. The largest absolute Gasteiger partial charge is 0.391 e. The van der Waals surface area contributed by atoms with E-state index in [2.05, 4.69) is 23.7 Å². The van der Waals surface area contributed by atoms with Crippen molar-refractivity contribution in [1.82, 2.24) is 0 Å². The second kappa shape index (κ2) is 14.8. The minimum atomic E-state index is -0.598. The Hall–Kier alpha value is -1.16. The standard InChI is InChI=1S/C15H28N4O3/c16-9-14(10-17)21-7-3-1-5-13(20)6-2-4-8-22-15(11-18)12-19/h13-15,20H,5-12,16-19H2. The van der Waals surface area contributed by atoms with E-state index in [9.17, 15) is 5.11 Å². The van der Waals surface area contributed by atoms with E-state index in [0.717, 1.165) is 0 Å². The number of hydrogen-bond donors (Lipinski definition) is 5. The Morgan fingerprint density at radius 2 is 1.05 bits per heavy atom. The van der Waals surface area contributed by atoms with E-state index in [1.807, 2.05) is 0 Å². The van der Waals surface area contributed by atoms with Gasteiger partial charge >= 0.3 is 0 Å². The lowest BCUT2D eigenvalue weighted by Crippen LogP contribution is -2.31. The second-order valence-electron chi connectivity index (χ2n) is 4.58. The molecule has 0 aromatic rings. The molecule has 0 atom stereocenters. The van der Waals surface area contributed by atoms with E-state index in [1.54, 1.807) is 0 Å². The molecule has 0 amide bonds. The minimum absolute atomic E-state index is 0.170. The normalized spacial score (nSPS) is 10.5. The number of nitrogens with two attached hydrogens (primary N) is 4. The predicted octanol–water partition coefficient (Wildman–Crippen LogP) is -2.26. The molecule has 7 heteroatoms. The SMILES string of the molecule is NCC(CN)OCC#CCC(O)CC#CCOC(CN)CN. The fourth-order valence-corrected chi connectivity index (χ4v) is 1.34. The molecule has 0 fully saturated rings. The highest BCUT2D eigenvalue weighted by Crippen LogP contribution is 1.95. The summed E-state index contributed by atoms with van der Waals surface area (Å²) in [6, 6.07) is 0. The van der Waals surface area contributed by atoms with Crippen LogP contribution in [0.3, 0.4) is 0 Å². The molecule has 9 N–H and O–H groups in total. The molecule has 0 unspecified atom stereocenters. The first-order valence-electron chi connectivity index (χ1n) is 7.30. The summed E-state index contributed by atoms with van der Waals surface area (Å²) in [7, 11) is 0. The van der Waals surface area contributed by atoms with Crippen molar-refractivity contribution in [2.75, 3.05) is 39.4 Å². The molecular weight excluding hydrogens is 284 g/mol. The first-order chi connectivity index (χ1) is 10.7. The maximum Gasteiger partial charge on any atom is 0.108 e. The summed E-state index contributed by atoms with van der Waals surface area (Å²) in [6.07, 6.45) is -0.266. The zero-order valence-electron chi connectivity index (χ0n) is 13.0. The fourth-order valence-electron chi connectivity index (χ4n) is 1.34. The first kappa shape index (κ1) is 20.8. The molecule has 0 aliphatic carbocycles. The lowest BCUT2D eigenvalue weighted by molar-refractivity contribution is 0.0907. The van der Waals surface area contributed by atoms with Gasteiger partial charge in [0.2, 0.25) is 0 Å². The van der Waals surface area contributed by atoms with Crippen LogP contribution in [0.2, 0.25) is 0 Å². The van der Waals surface area contributed by atoms with Crippen LogP contribution in [0.25, 0.3) is 0 Å². The number of hydrogen-bond acceptors (Lipinski definition) is 7. The second-order valence-corrected chi connectivity index (χ2v) is 4.58. The average Bonchev–Trinajstić information content (AvgIpc) is 2.54. The van der Waals surface area contributed by atoms with Crippen molar-refractivity contribution in [2.45, 2.75) is 31.2 Å². The molecule has 0 saturated heterocycles. The summed E-state index contributed by atoms with van der Waals surface area (Å²) in [4.78, 5) is 0. The number of rotatable bonds is 10. The fraction of sp³-hybridized carbons (Fsp3) is 0.733. The Labute approximate surface area is 132 Å². The van der Waals surface area contributed by atoms with Crippen LogP contribution in [0.15, 0.2) is 0 Å². The van der Waals surface area contributed by atoms with Gasteiger partial charge < -0.3 is 37.5 Å². The molecule has 0 saturated carbocycles. The van der Waals surface area contributed by atoms with Gasteiger partial charge in [0.25, 0.3) is 0 Å². The first-order valence-corrected chi connectivity index (χ1v) is 7.30. The third-order valence-electron chi connectivity index (χ3n) is 2.76. The molecule has 0 aliphatic rings. The van der Waals surface area contributed by atoms with Crippen LogP contribution in [0.4, 0.5) is 0 Å². The molecule has 0 aromatic carbocycles. The van der Waals surface area contributed by atoms with Gasteiger partial charge in [-0.25, -0.2) is 0 Å². The van der Waals surface area contributed by atoms with Crippen LogP contribution in [0, 0.1) is 23.7 Å². The monoisotopic (exact) mass is 312 g/mol. The topological polar surface area (TPSA) is 143 Å². The van der Waals surface area contributed by atoms with Gasteiger partial charge in [-0.1, -0.05) is 23.7 Å². The van der Waals surface area contributed by atoms with Crippen LogP contribution in [0.5, 0.6) is 0 Å². The van der Waals surface area contributed by atoms with Gasteiger partial charge in [-0.3, -0.25) is 0 Å². The Morgan fingerprint density at radius 1 is 0.682 bits per heavy atom. The smallest absolute Gasteiger partial charge is 0.108 e. The van der Waals surface area contributed by atoms with Crippen molar-refractivity contribution in [3.63, 3.8) is 0 Å². The van der Waals surface area contributed by atoms with Crippen molar-refractivity contribution in [1.29, 1.82) is 0 Å². The van der Waals surface area contributed by atoms with Gasteiger partial charge in [-0.15, -0.1) is 0 Å². The quantitative estimate of drug-likeness (QED) is 0.286. The molecule has 7 nitrogen and oxygen atoms in total. The summed E-state index contributed by atoms with van der Waals surface area (Å²) < 4.78 is 10.6. The van der Waals surface area contributed by atoms with E-state index in [4.69, 9.17) is 32.4 Å². The Bertz CT molecular complexity index is 340. The average molecular weight is 312 g/mol. The third-order valence-corrected chi connectivity index (χ3v) is 2.76. The van der Waals surface area contributed by atoms with E-state index in [0.29, 0.717) is 39.0 Å². The van der Waals surface area contributed by atoms with E-state index in [1.165, 1.54) is 0 Å². The molecular formula is C15H28N4O3. The van der Waals surface area contributed by atoms with Gasteiger partial charge in [0, 0.05) is 39.0 Å². The molecule has 0 radical (unpaired) electrons. The molecule has 22 heavy (non-hydrogen) atoms. The minimum Gasteiger partial charge on any atom is -0.391 e. The summed E-state index contributed by atoms with van der Waals surface area (Å²) in [6.45, 7) is 1.98. The molecule has 0 heterocycles. The zero-order valence-corrected chi connectivity index (χ0v) is 13.0. The number of aliphatic hydroxyl groups is 1. The van der Waals surface area contributed by atoms with Gasteiger partial charge in [0.05, 0.1) is 18.3 Å². The molecule has 0 aliphatic heterocycles. The Balaban J connectivity index is 3.76. The Morgan fingerprint density at radius 3 is 1.36 bits per heavy atom. The van der Waals surface area contributed by atoms with Crippen LogP contribution in [-0.4, -0.2) is 62.8 Å². The highest BCUT2D eigenvalue weighted by Gasteiger charge is 2.02. The van der Waals surface area contributed by atoms with Crippen LogP contribution in [-0.2, 0) is 9.47 Å². The summed E-state index contributed by atoms with van der Waals surface area (Å²) in [5.74, 6) is 11.3. The van der Waals surface area contributed by atoms with Gasteiger partial charge in [-0.2, -0.15) is 0 Å². The molecule has 0 spiro atoms. The predicted molar refractivity (Wildman–Crippen MR) is 86.5 cm³/mol. The summed E-state index contributed by atoms with van der Waals surface area (Å²) in [5.41, 5.74) is 21.7. The lowest BCUT2D eigenvalue weighted by atomic mass is 10.2. The van der Waals surface area contributed by atoms with Crippen LogP contribution < -0.4 is 22.9 Å². The van der Waals surface area contributed by atoms with Gasteiger partial charge in [0.15, 0.2) is 0 Å². The molecule has 0 rings (SSSR count). The van der Waals surface area contributed by atoms with Gasteiger partial charge in [-0.05, 0) is 0 Å². The lowest BCUT2D eigenvalue weighted by Gasteiger charge is -2.10. The van der Waals surface area contributed by atoms with Crippen molar-refractivity contribution < 1.29 is 14.6 Å². The van der Waals surface area contributed by atoms with Crippen molar-refractivity contribution in [3.8, 4) is 23.7 Å². The molecule has 0 aromatic heterocycles.